The summed E-state index contributed by atoms with van der Waals surface area (Å²) in [5, 5.41) is 2.50. The van der Waals surface area contributed by atoms with Crippen molar-refractivity contribution >= 4 is 5.69 Å². The Morgan fingerprint density at radius 1 is 1.06 bits per heavy atom. The van der Waals surface area contributed by atoms with Crippen molar-refractivity contribution in [3.05, 3.63) is 29.3 Å². The lowest BCUT2D eigenvalue weighted by molar-refractivity contribution is 0.306. The third kappa shape index (κ3) is 1.86. The number of rotatable bonds is 2. The Balaban J connectivity index is 2.25. The van der Waals surface area contributed by atoms with Gasteiger partial charge in [0.05, 0.1) is 0 Å². The molecule has 1 N–H and O–H groups in total. The van der Waals surface area contributed by atoms with Crippen LogP contribution >= 0.6 is 0 Å². The van der Waals surface area contributed by atoms with Crippen molar-refractivity contribution in [1.82, 2.24) is 0 Å². The van der Waals surface area contributed by atoms with Crippen LogP contribution in [0.3, 0.4) is 0 Å². The molecule has 1 nitrogen and oxygen atoms in total. The third-order valence-corrected chi connectivity index (χ3v) is 2.83. The summed E-state index contributed by atoms with van der Waals surface area (Å²) < 4.78 is 52.1. The summed E-state index contributed by atoms with van der Waals surface area (Å²) in [7, 11) is 0. The van der Waals surface area contributed by atoms with E-state index < -0.39 is 29.0 Å². The molecule has 0 aliphatic heterocycles. The van der Waals surface area contributed by atoms with Gasteiger partial charge in [-0.1, -0.05) is 6.92 Å². The van der Waals surface area contributed by atoms with Crippen molar-refractivity contribution in [1.29, 1.82) is 0 Å². The van der Waals surface area contributed by atoms with E-state index >= 15 is 0 Å². The SMILES string of the molecule is CC1CC(Nc2c(F)c(F)cc(F)c2F)C1. The van der Waals surface area contributed by atoms with Crippen molar-refractivity contribution in [2.45, 2.75) is 25.8 Å². The number of hydrogen-bond acceptors (Lipinski definition) is 1. The van der Waals surface area contributed by atoms with Gasteiger partial charge in [0.25, 0.3) is 0 Å². The Morgan fingerprint density at radius 3 is 2.00 bits per heavy atom. The fraction of sp³-hybridized carbons (Fsp3) is 0.455. The van der Waals surface area contributed by atoms with Gasteiger partial charge in [0.2, 0.25) is 0 Å². The number of halogens is 4. The maximum Gasteiger partial charge on any atom is 0.185 e. The van der Waals surface area contributed by atoms with Crippen molar-refractivity contribution in [2.75, 3.05) is 5.32 Å². The van der Waals surface area contributed by atoms with Crippen LogP contribution in [-0.2, 0) is 0 Å². The average Bonchev–Trinajstić information content (AvgIpc) is 2.18. The fourth-order valence-electron chi connectivity index (χ4n) is 1.92. The highest BCUT2D eigenvalue weighted by Crippen LogP contribution is 2.32. The molecule has 0 amide bonds. The molecule has 0 unspecified atom stereocenters. The Kier molecular flexibility index (Phi) is 2.78. The summed E-state index contributed by atoms with van der Waals surface area (Å²) in [6.45, 7) is 2.00. The van der Waals surface area contributed by atoms with Gasteiger partial charge in [0, 0.05) is 12.1 Å². The topological polar surface area (TPSA) is 12.0 Å². The lowest BCUT2D eigenvalue weighted by Crippen LogP contribution is -2.34. The second kappa shape index (κ2) is 3.96. The van der Waals surface area contributed by atoms with E-state index in [2.05, 4.69) is 5.32 Å². The van der Waals surface area contributed by atoms with Crippen LogP contribution in [0.25, 0.3) is 0 Å². The zero-order chi connectivity index (χ0) is 11.9. The molecule has 1 aromatic carbocycles. The number of nitrogens with one attached hydrogen (secondary N) is 1. The van der Waals surface area contributed by atoms with Gasteiger partial charge in [-0.25, -0.2) is 17.6 Å². The molecule has 0 atom stereocenters. The van der Waals surface area contributed by atoms with Gasteiger partial charge >= 0.3 is 0 Å². The van der Waals surface area contributed by atoms with Crippen molar-refractivity contribution in [2.24, 2.45) is 5.92 Å². The average molecular weight is 233 g/mol. The zero-order valence-electron chi connectivity index (χ0n) is 8.66. The maximum atomic E-state index is 13.2. The van der Waals surface area contributed by atoms with E-state index in [0.29, 0.717) is 5.92 Å². The van der Waals surface area contributed by atoms with E-state index in [1.54, 1.807) is 0 Å². The third-order valence-electron chi connectivity index (χ3n) is 2.83. The maximum absolute atomic E-state index is 13.2. The monoisotopic (exact) mass is 233 g/mol. The number of hydrogen-bond donors (Lipinski definition) is 1. The lowest BCUT2D eigenvalue weighted by atomic mass is 9.82. The molecule has 0 radical (unpaired) electrons. The second-order valence-corrected chi connectivity index (χ2v) is 4.26. The molecule has 1 saturated carbocycles. The van der Waals surface area contributed by atoms with E-state index in [9.17, 15) is 17.6 Å². The zero-order valence-corrected chi connectivity index (χ0v) is 8.66. The largest absolute Gasteiger partial charge is 0.377 e. The molecule has 0 aromatic heterocycles. The van der Waals surface area contributed by atoms with Gasteiger partial charge in [-0.3, -0.25) is 0 Å². The van der Waals surface area contributed by atoms with Gasteiger partial charge in [-0.2, -0.15) is 0 Å². The molecule has 1 fully saturated rings. The van der Waals surface area contributed by atoms with Gasteiger partial charge in [-0.05, 0) is 18.8 Å². The van der Waals surface area contributed by atoms with E-state index in [-0.39, 0.29) is 12.1 Å². The van der Waals surface area contributed by atoms with Gasteiger partial charge in [0.15, 0.2) is 23.3 Å². The Labute approximate surface area is 90.5 Å². The molecule has 0 spiro atoms. The van der Waals surface area contributed by atoms with Crippen molar-refractivity contribution in [3.63, 3.8) is 0 Å². The van der Waals surface area contributed by atoms with Crippen LogP contribution in [-0.4, -0.2) is 6.04 Å². The van der Waals surface area contributed by atoms with E-state index in [1.807, 2.05) is 6.92 Å². The molecule has 1 aliphatic carbocycles. The summed E-state index contributed by atoms with van der Waals surface area (Å²) in [6, 6.07) is 0.0967. The highest BCUT2D eigenvalue weighted by Gasteiger charge is 2.28. The first-order valence-corrected chi connectivity index (χ1v) is 5.08. The summed E-state index contributed by atoms with van der Waals surface area (Å²) in [5.41, 5.74) is -0.700. The molecular weight excluding hydrogens is 222 g/mol. The first-order valence-electron chi connectivity index (χ1n) is 5.08. The minimum absolute atomic E-state index is 0.111. The van der Waals surface area contributed by atoms with Crippen molar-refractivity contribution in [3.8, 4) is 0 Å². The first-order chi connectivity index (χ1) is 7.49. The lowest BCUT2D eigenvalue weighted by Gasteiger charge is -2.34. The Morgan fingerprint density at radius 2 is 1.56 bits per heavy atom. The van der Waals surface area contributed by atoms with Crippen LogP contribution in [0.1, 0.15) is 19.8 Å². The standard InChI is InChI=1S/C11H11F4N/c1-5-2-6(3-5)16-11-9(14)7(12)4-8(13)10(11)15/h4-6,16H,2-3H2,1H3. The summed E-state index contributed by atoms with van der Waals surface area (Å²) in [5.74, 6) is -5.01. The minimum Gasteiger partial charge on any atom is -0.377 e. The number of anilines is 1. The predicted molar refractivity (Wildman–Crippen MR) is 52.1 cm³/mol. The van der Waals surface area contributed by atoms with E-state index in [0.717, 1.165) is 12.8 Å². The molecule has 16 heavy (non-hydrogen) atoms. The predicted octanol–water partition coefficient (Wildman–Crippen LogP) is 3.45. The molecule has 1 aliphatic rings. The first kappa shape index (κ1) is 11.2. The van der Waals surface area contributed by atoms with E-state index in [4.69, 9.17) is 0 Å². The smallest absolute Gasteiger partial charge is 0.185 e. The second-order valence-electron chi connectivity index (χ2n) is 4.26. The quantitative estimate of drug-likeness (QED) is 0.609. The van der Waals surface area contributed by atoms with Crippen LogP contribution in [0.15, 0.2) is 6.07 Å². The molecule has 0 saturated heterocycles. The molecule has 2 rings (SSSR count). The van der Waals surface area contributed by atoms with Crippen LogP contribution < -0.4 is 5.32 Å². The van der Waals surface area contributed by atoms with Gasteiger partial charge in [-0.15, -0.1) is 0 Å². The number of benzene rings is 1. The van der Waals surface area contributed by atoms with Gasteiger partial charge in [0.1, 0.15) is 5.69 Å². The van der Waals surface area contributed by atoms with E-state index in [1.165, 1.54) is 0 Å². The van der Waals surface area contributed by atoms with Gasteiger partial charge < -0.3 is 5.32 Å². The molecule has 0 bridgehead atoms. The van der Waals surface area contributed by atoms with Crippen LogP contribution in [0.5, 0.6) is 0 Å². The van der Waals surface area contributed by atoms with Crippen LogP contribution in [0.2, 0.25) is 0 Å². The molecule has 1 aromatic rings. The minimum atomic E-state index is -1.38. The molecule has 88 valence electrons. The van der Waals surface area contributed by atoms with Crippen LogP contribution in [0, 0.1) is 29.2 Å². The van der Waals surface area contributed by atoms with Crippen LogP contribution in [0.4, 0.5) is 23.2 Å². The highest BCUT2D eigenvalue weighted by atomic mass is 19.2. The Bertz CT molecular complexity index is 387. The highest BCUT2D eigenvalue weighted by molar-refractivity contribution is 5.48. The summed E-state index contributed by atoms with van der Waals surface area (Å²) >= 11 is 0. The fourth-order valence-corrected chi connectivity index (χ4v) is 1.92. The molecule has 0 heterocycles. The molecular formula is C11H11F4N. The summed E-state index contributed by atoms with van der Waals surface area (Å²) in [6.07, 6.45) is 1.49. The normalized spacial score (nSPS) is 24.1. The van der Waals surface area contributed by atoms with Crippen molar-refractivity contribution < 1.29 is 17.6 Å². The Hall–Kier alpha value is -1.26. The summed E-state index contributed by atoms with van der Waals surface area (Å²) in [4.78, 5) is 0. The molecule has 5 heteroatoms.